The summed E-state index contributed by atoms with van der Waals surface area (Å²) in [6, 6.07) is 0. The number of hydrogen-bond donors (Lipinski definition) is 1. The van der Waals surface area contributed by atoms with Crippen LogP contribution in [0, 0.1) is 6.92 Å². The Hall–Kier alpha value is -0.990. The van der Waals surface area contributed by atoms with Crippen molar-refractivity contribution in [1.29, 1.82) is 0 Å². The second kappa shape index (κ2) is 5.68. The van der Waals surface area contributed by atoms with E-state index in [9.17, 15) is 0 Å². The molecule has 0 radical (unpaired) electrons. The van der Waals surface area contributed by atoms with Crippen LogP contribution in [0.1, 0.15) is 38.8 Å². The molecule has 0 spiro atoms. The topological polar surface area (TPSA) is 29.9 Å². The van der Waals surface area contributed by atoms with Crippen LogP contribution in [0.25, 0.3) is 0 Å². The van der Waals surface area contributed by atoms with Crippen molar-refractivity contribution < 1.29 is 0 Å². The van der Waals surface area contributed by atoms with Gasteiger partial charge in [-0.05, 0) is 20.3 Å². The summed E-state index contributed by atoms with van der Waals surface area (Å²) in [6.07, 6.45) is 5.90. The molecule has 1 N–H and O–H groups in total. The van der Waals surface area contributed by atoms with Crippen LogP contribution < -0.4 is 5.32 Å². The van der Waals surface area contributed by atoms with Crippen LogP contribution >= 0.6 is 0 Å². The molecule has 0 bridgehead atoms. The van der Waals surface area contributed by atoms with E-state index in [4.69, 9.17) is 0 Å². The van der Waals surface area contributed by atoms with E-state index in [1.165, 1.54) is 24.9 Å². The molecule has 0 fully saturated rings. The van der Waals surface area contributed by atoms with Crippen LogP contribution in [-0.2, 0) is 6.54 Å². The first-order valence-electron chi connectivity index (χ1n) is 5.55. The van der Waals surface area contributed by atoms with Gasteiger partial charge in [-0.2, -0.15) is 5.10 Å². The van der Waals surface area contributed by atoms with Gasteiger partial charge in [-0.25, -0.2) is 0 Å². The highest BCUT2D eigenvalue weighted by molar-refractivity contribution is 5.45. The first kappa shape index (κ1) is 11.1. The minimum atomic E-state index is 0.942. The molecule has 1 rings (SSSR count). The Kier molecular flexibility index (Phi) is 4.50. The van der Waals surface area contributed by atoms with Gasteiger partial charge in [0.25, 0.3) is 0 Å². The van der Waals surface area contributed by atoms with E-state index in [1.54, 1.807) is 0 Å². The molecule has 1 aromatic heterocycles. The number of aryl methyl sites for hydroxylation is 2. The van der Waals surface area contributed by atoms with Gasteiger partial charge in [-0.15, -0.1) is 0 Å². The fourth-order valence-electron chi connectivity index (χ4n) is 1.45. The minimum absolute atomic E-state index is 0.942. The van der Waals surface area contributed by atoms with Gasteiger partial charge in [0.1, 0.15) is 0 Å². The lowest BCUT2D eigenvalue weighted by molar-refractivity contribution is 0.653. The lowest BCUT2D eigenvalue weighted by Gasteiger charge is -2.02. The molecule has 3 heteroatoms. The second-order valence-electron chi connectivity index (χ2n) is 3.62. The fourth-order valence-corrected chi connectivity index (χ4v) is 1.45. The van der Waals surface area contributed by atoms with E-state index in [2.05, 4.69) is 30.5 Å². The molecule has 0 atom stereocenters. The Balaban J connectivity index is 2.38. The van der Waals surface area contributed by atoms with Gasteiger partial charge in [-0.1, -0.05) is 19.8 Å². The lowest BCUT2D eigenvalue weighted by Crippen LogP contribution is -2.01. The number of unbranched alkanes of at least 4 members (excludes halogenated alkanes) is 2. The zero-order chi connectivity index (χ0) is 10.4. The highest BCUT2D eigenvalue weighted by atomic mass is 15.3. The van der Waals surface area contributed by atoms with Crippen molar-refractivity contribution in [2.75, 3.05) is 11.9 Å². The average molecular weight is 195 g/mol. The van der Waals surface area contributed by atoms with E-state index in [0.29, 0.717) is 0 Å². The summed E-state index contributed by atoms with van der Waals surface area (Å²) >= 11 is 0. The minimum Gasteiger partial charge on any atom is -0.382 e. The Morgan fingerprint density at radius 1 is 1.36 bits per heavy atom. The van der Waals surface area contributed by atoms with Crippen LogP contribution in [0.2, 0.25) is 0 Å². The van der Waals surface area contributed by atoms with Crippen molar-refractivity contribution in [3.63, 3.8) is 0 Å². The summed E-state index contributed by atoms with van der Waals surface area (Å²) in [7, 11) is 0. The van der Waals surface area contributed by atoms with E-state index in [1.807, 2.05) is 11.6 Å². The summed E-state index contributed by atoms with van der Waals surface area (Å²) in [6.45, 7) is 8.38. The highest BCUT2D eigenvalue weighted by Crippen LogP contribution is 2.12. The summed E-state index contributed by atoms with van der Waals surface area (Å²) in [5.41, 5.74) is 2.28. The molecule has 14 heavy (non-hydrogen) atoms. The number of hydrogen-bond acceptors (Lipinski definition) is 2. The largest absolute Gasteiger partial charge is 0.382 e. The third kappa shape index (κ3) is 3.05. The first-order chi connectivity index (χ1) is 6.77. The Labute approximate surface area is 86.5 Å². The van der Waals surface area contributed by atoms with Gasteiger partial charge in [0.2, 0.25) is 0 Å². The van der Waals surface area contributed by atoms with Gasteiger partial charge >= 0.3 is 0 Å². The zero-order valence-corrected chi connectivity index (χ0v) is 9.51. The quantitative estimate of drug-likeness (QED) is 0.707. The van der Waals surface area contributed by atoms with Gasteiger partial charge in [0, 0.05) is 19.3 Å². The molecule has 0 saturated heterocycles. The Morgan fingerprint density at radius 3 is 2.71 bits per heavy atom. The summed E-state index contributed by atoms with van der Waals surface area (Å²) in [4.78, 5) is 0. The number of nitrogens with zero attached hydrogens (tertiary/aromatic N) is 2. The van der Waals surface area contributed by atoms with Gasteiger partial charge in [-0.3, -0.25) is 4.68 Å². The van der Waals surface area contributed by atoms with E-state index in [0.717, 1.165) is 18.8 Å². The standard InChI is InChI=1S/C11H21N3/c1-4-6-7-8-12-11-9-14(5-2)13-10(11)3/h9,12H,4-8H2,1-3H3. The molecular formula is C11H21N3. The van der Waals surface area contributed by atoms with Crippen molar-refractivity contribution in [3.8, 4) is 0 Å². The number of nitrogens with one attached hydrogen (secondary N) is 1. The van der Waals surface area contributed by atoms with Crippen molar-refractivity contribution >= 4 is 5.69 Å². The molecule has 0 amide bonds. The number of rotatable bonds is 6. The van der Waals surface area contributed by atoms with Crippen LogP contribution in [0.4, 0.5) is 5.69 Å². The predicted molar refractivity (Wildman–Crippen MR) is 60.7 cm³/mol. The summed E-state index contributed by atoms with van der Waals surface area (Å²) in [5.74, 6) is 0. The monoisotopic (exact) mass is 195 g/mol. The second-order valence-corrected chi connectivity index (χ2v) is 3.62. The molecule has 0 saturated carbocycles. The van der Waals surface area contributed by atoms with E-state index >= 15 is 0 Å². The van der Waals surface area contributed by atoms with Crippen LogP contribution in [0.3, 0.4) is 0 Å². The summed E-state index contributed by atoms with van der Waals surface area (Å²) in [5, 5.41) is 7.80. The molecule has 0 unspecified atom stereocenters. The Bertz CT molecular complexity index is 265. The van der Waals surface area contributed by atoms with E-state index < -0.39 is 0 Å². The molecular weight excluding hydrogens is 174 g/mol. The molecule has 0 aliphatic carbocycles. The smallest absolute Gasteiger partial charge is 0.0825 e. The third-order valence-corrected chi connectivity index (χ3v) is 2.37. The number of aromatic nitrogens is 2. The molecule has 0 aromatic carbocycles. The summed E-state index contributed by atoms with van der Waals surface area (Å²) < 4.78 is 1.97. The normalized spacial score (nSPS) is 10.5. The molecule has 3 nitrogen and oxygen atoms in total. The molecule has 80 valence electrons. The maximum atomic E-state index is 4.38. The molecule has 1 aromatic rings. The lowest BCUT2D eigenvalue weighted by atomic mass is 10.2. The van der Waals surface area contributed by atoms with Gasteiger partial charge in [0.15, 0.2) is 0 Å². The van der Waals surface area contributed by atoms with Crippen molar-refractivity contribution in [1.82, 2.24) is 9.78 Å². The first-order valence-corrected chi connectivity index (χ1v) is 5.55. The maximum absolute atomic E-state index is 4.38. The van der Waals surface area contributed by atoms with Crippen LogP contribution in [-0.4, -0.2) is 16.3 Å². The number of anilines is 1. The van der Waals surface area contributed by atoms with Crippen LogP contribution in [0.5, 0.6) is 0 Å². The average Bonchev–Trinajstić information content (AvgIpc) is 2.54. The maximum Gasteiger partial charge on any atom is 0.0825 e. The van der Waals surface area contributed by atoms with Gasteiger partial charge < -0.3 is 5.32 Å². The zero-order valence-electron chi connectivity index (χ0n) is 9.51. The van der Waals surface area contributed by atoms with Crippen molar-refractivity contribution in [2.45, 2.75) is 46.6 Å². The van der Waals surface area contributed by atoms with E-state index in [-0.39, 0.29) is 0 Å². The third-order valence-electron chi connectivity index (χ3n) is 2.37. The molecule has 0 aliphatic heterocycles. The van der Waals surface area contributed by atoms with Crippen LogP contribution in [0.15, 0.2) is 6.20 Å². The SMILES string of the molecule is CCCCCNc1cn(CC)nc1C. The molecule has 1 heterocycles. The predicted octanol–water partition coefficient (Wildman–Crippen LogP) is 2.81. The fraction of sp³-hybridized carbons (Fsp3) is 0.727. The van der Waals surface area contributed by atoms with Crippen molar-refractivity contribution in [3.05, 3.63) is 11.9 Å². The van der Waals surface area contributed by atoms with Gasteiger partial charge in [0.05, 0.1) is 11.4 Å². The Morgan fingerprint density at radius 2 is 2.14 bits per heavy atom. The highest BCUT2D eigenvalue weighted by Gasteiger charge is 2.01. The van der Waals surface area contributed by atoms with Crippen molar-refractivity contribution in [2.24, 2.45) is 0 Å². The molecule has 0 aliphatic rings.